The molecular weight excluding hydrogens is 321 g/mol. The normalized spacial score (nSPS) is 11.1. The Bertz CT molecular complexity index is 597. The zero-order valence-electron chi connectivity index (χ0n) is 11.5. The molecule has 5 heteroatoms. The van der Waals surface area contributed by atoms with Crippen molar-refractivity contribution in [1.29, 1.82) is 0 Å². The highest BCUT2D eigenvalue weighted by molar-refractivity contribution is 9.10. The van der Waals surface area contributed by atoms with Crippen LogP contribution in [0.15, 0.2) is 28.7 Å². The summed E-state index contributed by atoms with van der Waals surface area (Å²) in [5, 5.41) is 0. The van der Waals surface area contributed by atoms with Crippen molar-refractivity contribution in [3.63, 3.8) is 0 Å². The molecule has 2 rings (SSSR count). The van der Waals surface area contributed by atoms with Crippen LogP contribution >= 0.6 is 15.9 Å². The van der Waals surface area contributed by atoms with Crippen LogP contribution in [-0.4, -0.2) is 9.97 Å². The van der Waals surface area contributed by atoms with E-state index in [2.05, 4.69) is 39.7 Å². The number of nitrogens with zero attached hydrogens (tertiary/aromatic N) is 2. The van der Waals surface area contributed by atoms with E-state index >= 15 is 0 Å². The molecule has 1 aromatic heterocycles. The second-order valence-electron chi connectivity index (χ2n) is 5.19. The van der Waals surface area contributed by atoms with Gasteiger partial charge in [0.2, 0.25) is 0 Å². The number of hydrogen-bond donors (Lipinski definition) is 1. The maximum atomic E-state index is 12.9. The molecule has 0 radical (unpaired) electrons. The van der Waals surface area contributed by atoms with Crippen LogP contribution in [-0.2, 0) is 12.8 Å². The Labute approximate surface area is 126 Å². The molecule has 2 N–H and O–H groups in total. The minimum absolute atomic E-state index is 0.245. The molecule has 0 unspecified atom stereocenters. The zero-order chi connectivity index (χ0) is 14.7. The molecule has 0 atom stereocenters. The quantitative estimate of drug-likeness (QED) is 0.924. The van der Waals surface area contributed by atoms with Crippen molar-refractivity contribution in [2.45, 2.75) is 26.7 Å². The van der Waals surface area contributed by atoms with Crippen molar-refractivity contribution >= 4 is 21.7 Å². The molecule has 0 aliphatic carbocycles. The lowest BCUT2D eigenvalue weighted by Gasteiger charge is -2.10. The predicted molar refractivity (Wildman–Crippen MR) is 81.9 cm³/mol. The van der Waals surface area contributed by atoms with Gasteiger partial charge >= 0.3 is 0 Å². The van der Waals surface area contributed by atoms with E-state index in [9.17, 15) is 4.39 Å². The Balaban J connectivity index is 2.27. The molecule has 0 aliphatic rings. The first-order valence-corrected chi connectivity index (χ1v) is 7.30. The molecule has 0 bridgehead atoms. The molecule has 2 aromatic rings. The molecular formula is C15H17BrFN3. The molecule has 0 spiro atoms. The van der Waals surface area contributed by atoms with Gasteiger partial charge in [0.1, 0.15) is 17.5 Å². The van der Waals surface area contributed by atoms with Crippen molar-refractivity contribution in [2.24, 2.45) is 5.92 Å². The first-order valence-electron chi connectivity index (χ1n) is 6.51. The third kappa shape index (κ3) is 3.76. The number of nitrogen functional groups attached to an aromatic ring is 1. The fourth-order valence-corrected chi connectivity index (χ4v) is 2.29. The summed E-state index contributed by atoms with van der Waals surface area (Å²) in [6, 6.07) is 6.34. The smallest absolute Gasteiger partial charge is 0.141 e. The van der Waals surface area contributed by atoms with Gasteiger partial charge in [-0.25, -0.2) is 14.4 Å². The maximum absolute atomic E-state index is 12.9. The number of nitrogens with two attached hydrogens (primary N) is 1. The number of halogens is 2. The molecule has 0 saturated heterocycles. The standard InChI is InChI=1S/C15H17BrFN3/c1-9(2)7-12-14(16)15(18)20-13(19-12)8-10-3-5-11(17)6-4-10/h3-6,9H,7-8H2,1-2H3,(H2,18,19,20). The van der Waals surface area contributed by atoms with Gasteiger partial charge in [-0.1, -0.05) is 26.0 Å². The van der Waals surface area contributed by atoms with Crippen molar-refractivity contribution in [3.8, 4) is 0 Å². The van der Waals surface area contributed by atoms with Gasteiger partial charge in [0.15, 0.2) is 0 Å². The summed E-state index contributed by atoms with van der Waals surface area (Å²) in [6.07, 6.45) is 1.38. The van der Waals surface area contributed by atoms with Gasteiger partial charge in [-0.05, 0) is 46.0 Å². The Morgan fingerprint density at radius 3 is 2.45 bits per heavy atom. The van der Waals surface area contributed by atoms with E-state index in [4.69, 9.17) is 5.73 Å². The lowest BCUT2D eigenvalue weighted by atomic mass is 10.1. The van der Waals surface area contributed by atoms with Crippen molar-refractivity contribution in [2.75, 3.05) is 5.73 Å². The van der Waals surface area contributed by atoms with Gasteiger partial charge in [-0.15, -0.1) is 0 Å². The monoisotopic (exact) mass is 337 g/mol. The number of anilines is 1. The summed E-state index contributed by atoms with van der Waals surface area (Å²) in [6.45, 7) is 4.26. The first-order chi connectivity index (χ1) is 9.45. The Morgan fingerprint density at radius 2 is 1.85 bits per heavy atom. The third-order valence-corrected chi connectivity index (χ3v) is 3.73. The summed E-state index contributed by atoms with van der Waals surface area (Å²) in [4.78, 5) is 8.84. The van der Waals surface area contributed by atoms with E-state index in [0.717, 1.165) is 22.2 Å². The van der Waals surface area contributed by atoms with Gasteiger partial charge in [0.25, 0.3) is 0 Å². The highest BCUT2D eigenvalue weighted by Crippen LogP contribution is 2.24. The summed E-state index contributed by atoms with van der Waals surface area (Å²) in [5.41, 5.74) is 7.80. The second-order valence-corrected chi connectivity index (χ2v) is 5.98. The first kappa shape index (κ1) is 14.9. The zero-order valence-corrected chi connectivity index (χ0v) is 13.1. The topological polar surface area (TPSA) is 51.8 Å². The van der Waals surface area contributed by atoms with E-state index in [-0.39, 0.29) is 5.82 Å². The number of hydrogen-bond acceptors (Lipinski definition) is 3. The number of rotatable bonds is 4. The summed E-state index contributed by atoms with van der Waals surface area (Å²) >= 11 is 3.44. The van der Waals surface area contributed by atoms with Crippen LogP contribution in [0.2, 0.25) is 0 Å². The Kier molecular flexibility index (Phi) is 4.70. The van der Waals surface area contributed by atoms with E-state index in [0.29, 0.717) is 24.0 Å². The molecule has 106 valence electrons. The molecule has 20 heavy (non-hydrogen) atoms. The van der Waals surface area contributed by atoms with Gasteiger partial charge in [-0.3, -0.25) is 0 Å². The van der Waals surface area contributed by atoms with Gasteiger partial charge in [0, 0.05) is 6.42 Å². The molecule has 1 aromatic carbocycles. The van der Waals surface area contributed by atoms with E-state index in [1.165, 1.54) is 12.1 Å². The van der Waals surface area contributed by atoms with E-state index in [1.54, 1.807) is 12.1 Å². The van der Waals surface area contributed by atoms with Gasteiger partial charge < -0.3 is 5.73 Å². The predicted octanol–water partition coefficient (Wildman–Crippen LogP) is 3.75. The van der Waals surface area contributed by atoms with Crippen LogP contribution in [0.25, 0.3) is 0 Å². The van der Waals surface area contributed by atoms with Crippen LogP contribution < -0.4 is 5.73 Å². The Morgan fingerprint density at radius 1 is 1.20 bits per heavy atom. The average molecular weight is 338 g/mol. The highest BCUT2D eigenvalue weighted by atomic mass is 79.9. The van der Waals surface area contributed by atoms with Crippen molar-refractivity contribution in [3.05, 3.63) is 51.6 Å². The minimum Gasteiger partial charge on any atom is -0.383 e. The van der Waals surface area contributed by atoms with Crippen LogP contribution in [0.5, 0.6) is 0 Å². The molecule has 0 fully saturated rings. The van der Waals surface area contributed by atoms with Crippen LogP contribution in [0.1, 0.15) is 30.9 Å². The van der Waals surface area contributed by atoms with Crippen LogP contribution in [0.3, 0.4) is 0 Å². The van der Waals surface area contributed by atoms with Crippen molar-refractivity contribution < 1.29 is 4.39 Å². The fourth-order valence-electron chi connectivity index (χ4n) is 1.95. The SMILES string of the molecule is CC(C)Cc1nc(Cc2ccc(F)cc2)nc(N)c1Br. The number of aromatic nitrogens is 2. The lowest BCUT2D eigenvalue weighted by Crippen LogP contribution is -2.08. The minimum atomic E-state index is -0.245. The van der Waals surface area contributed by atoms with E-state index < -0.39 is 0 Å². The second kappa shape index (κ2) is 6.31. The van der Waals surface area contributed by atoms with Crippen molar-refractivity contribution in [1.82, 2.24) is 9.97 Å². The molecule has 0 amide bonds. The largest absolute Gasteiger partial charge is 0.383 e. The third-order valence-electron chi connectivity index (χ3n) is 2.87. The summed E-state index contributed by atoms with van der Waals surface area (Å²) in [7, 11) is 0. The van der Waals surface area contributed by atoms with Crippen LogP contribution in [0.4, 0.5) is 10.2 Å². The fraction of sp³-hybridized carbons (Fsp3) is 0.333. The molecule has 1 heterocycles. The average Bonchev–Trinajstić information content (AvgIpc) is 2.37. The summed E-state index contributed by atoms with van der Waals surface area (Å²) < 4.78 is 13.7. The number of benzene rings is 1. The summed E-state index contributed by atoms with van der Waals surface area (Å²) in [5.74, 6) is 1.35. The molecule has 0 saturated carbocycles. The van der Waals surface area contributed by atoms with Crippen LogP contribution in [0, 0.1) is 11.7 Å². The van der Waals surface area contributed by atoms with Gasteiger partial charge in [-0.2, -0.15) is 0 Å². The highest BCUT2D eigenvalue weighted by Gasteiger charge is 2.12. The van der Waals surface area contributed by atoms with Gasteiger partial charge in [0.05, 0.1) is 10.2 Å². The molecule has 3 nitrogen and oxygen atoms in total. The maximum Gasteiger partial charge on any atom is 0.141 e. The molecule has 0 aliphatic heterocycles. The lowest BCUT2D eigenvalue weighted by molar-refractivity contribution is 0.625. The van der Waals surface area contributed by atoms with E-state index in [1.807, 2.05) is 0 Å². The Hall–Kier alpha value is -1.49.